The summed E-state index contributed by atoms with van der Waals surface area (Å²) in [6.07, 6.45) is 0.198. The van der Waals surface area contributed by atoms with Crippen molar-refractivity contribution < 1.29 is 9.84 Å². The third-order valence-electron chi connectivity index (χ3n) is 3.25. The first kappa shape index (κ1) is 14.2. The van der Waals surface area contributed by atoms with Crippen LogP contribution in [0.15, 0.2) is 24.3 Å². The number of hydrogen-bond acceptors (Lipinski definition) is 4. The molecule has 19 heavy (non-hydrogen) atoms. The SMILES string of the molecule is CC1CN(c2ccc(OC(C)C)cc2)CC(CO)N1. The highest BCUT2D eigenvalue weighted by atomic mass is 16.5. The lowest BCUT2D eigenvalue weighted by Crippen LogP contribution is -2.56. The minimum Gasteiger partial charge on any atom is -0.491 e. The van der Waals surface area contributed by atoms with Gasteiger partial charge in [0.05, 0.1) is 12.7 Å². The Bertz CT molecular complexity index is 392. The molecule has 0 radical (unpaired) electrons. The summed E-state index contributed by atoms with van der Waals surface area (Å²) in [4.78, 5) is 2.31. The molecule has 4 nitrogen and oxygen atoms in total. The number of aliphatic hydroxyl groups is 1. The number of anilines is 1. The van der Waals surface area contributed by atoms with Crippen LogP contribution in [0, 0.1) is 0 Å². The van der Waals surface area contributed by atoms with E-state index in [1.54, 1.807) is 0 Å². The Morgan fingerprint density at radius 1 is 1.32 bits per heavy atom. The number of rotatable bonds is 4. The maximum absolute atomic E-state index is 9.31. The molecule has 0 bridgehead atoms. The number of nitrogens with zero attached hydrogens (tertiary/aromatic N) is 1. The molecule has 1 saturated heterocycles. The third kappa shape index (κ3) is 3.85. The number of aliphatic hydroxyl groups excluding tert-OH is 1. The van der Waals surface area contributed by atoms with Crippen LogP contribution in [0.4, 0.5) is 5.69 Å². The summed E-state index contributed by atoms with van der Waals surface area (Å²) in [5, 5.41) is 12.7. The van der Waals surface area contributed by atoms with Crippen molar-refractivity contribution in [1.29, 1.82) is 0 Å². The van der Waals surface area contributed by atoms with Gasteiger partial charge in [-0.3, -0.25) is 0 Å². The molecule has 1 fully saturated rings. The van der Waals surface area contributed by atoms with E-state index in [9.17, 15) is 5.11 Å². The second kappa shape index (κ2) is 6.26. The number of nitrogens with one attached hydrogen (secondary N) is 1. The molecule has 1 aliphatic heterocycles. The topological polar surface area (TPSA) is 44.7 Å². The highest BCUT2D eigenvalue weighted by Gasteiger charge is 2.23. The van der Waals surface area contributed by atoms with Crippen LogP contribution < -0.4 is 15.0 Å². The maximum atomic E-state index is 9.31. The summed E-state index contributed by atoms with van der Waals surface area (Å²) in [6, 6.07) is 8.73. The number of piperazine rings is 1. The molecule has 0 amide bonds. The fraction of sp³-hybridized carbons (Fsp3) is 0.600. The van der Waals surface area contributed by atoms with Crippen LogP contribution in [0.3, 0.4) is 0 Å². The van der Waals surface area contributed by atoms with E-state index in [0.717, 1.165) is 18.8 Å². The molecular weight excluding hydrogens is 240 g/mol. The third-order valence-corrected chi connectivity index (χ3v) is 3.25. The molecule has 0 spiro atoms. The van der Waals surface area contributed by atoms with Gasteiger partial charge in [0.25, 0.3) is 0 Å². The predicted octanol–water partition coefficient (Wildman–Crippen LogP) is 1.63. The van der Waals surface area contributed by atoms with Crippen molar-refractivity contribution in [3.05, 3.63) is 24.3 Å². The summed E-state index contributed by atoms with van der Waals surface area (Å²) in [5.41, 5.74) is 1.18. The van der Waals surface area contributed by atoms with E-state index >= 15 is 0 Å². The van der Waals surface area contributed by atoms with Gasteiger partial charge in [-0.15, -0.1) is 0 Å². The molecule has 2 rings (SSSR count). The molecule has 2 atom stereocenters. The van der Waals surface area contributed by atoms with E-state index in [-0.39, 0.29) is 18.8 Å². The van der Waals surface area contributed by atoms with Crippen molar-refractivity contribution in [3.8, 4) is 5.75 Å². The molecule has 1 aromatic rings. The normalized spacial score (nSPS) is 23.7. The van der Waals surface area contributed by atoms with E-state index in [1.165, 1.54) is 5.69 Å². The van der Waals surface area contributed by atoms with Gasteiger partial charge in [0, 0.05) is 30.9 Å². The average Bonchev–Trinajstić information content (AvgIpc) is 2.38. The average molecular weight is 264 g/mol. The summed E-state index contributed by atoms with van der Waals surface area (Å²) in [7, 11) is 0. The van der Waals surface area contributed by atoms with Crippen LogP contribution in [-0.2, 0) is 0 Å². The van der Waals surface area contributed by atoms with E-state index in [0.29, 0.717) is 6.04 Å². The molecule has 2 unspecified atom stereocenters. The molecular formula is C15H24N2O2. The Kier molecular flexibility index (Phi) is 4.66. The van der Waals surface area contributed by atoms with Crippen LogP contribution >= 0.6 is 0 Å². The second-order valence-corrected chi connectivity index (χ2v) is 5.51. The summed E-state index contributed by atoms with van der Waals surface area (Å²) in [6.45, 7) is 8.17. The Labute approximate surface area is 115 Å². The maximum Gasteiger partial charge on any atom is 0.119 e. The van der Waals surface area contributed by atoms with E-state index < -0.39 is 0 Å². The van der Waals surface area contributed by atoms with Crippen molar-refractivity contribution >= 4 is 5.69 Å². The number of hydrogen-bond donors (Lipinski definition) is 2. The Hall–Kier alpha value is -1.26. The van der Waals surface area contributed by atoms with Crippen LogP contribution in [0.1, 0.15) is 20.8 Å². The van der Waals surface area contributed by atoms with Gasteiger partial charge in [-0.05, 0) is 45.0 Å². The summed E-state index contributed by atoms with van der Waals surface area (Å²) < 4.78 is 5.65. The molecule has 1 heterocycles. The molecule has 4 heteroatoms. The standard InChI is InChI=1S/C15H24N2O2/c1-11(2)19-15-6-4-14(5-7-15)17-8-12(3)16-13(9-17)10-18/h4-7,11-13,16,18H,8-10H2,1-3H3. The van der Waals surface area contributed by atoms with Gasteiger partial charge in [-0.25, -0.2) is 0 Å². The quantitative estimate of drug-likeness (QED) is 0.867. The van der Waals surface area contributed by atoms with Crippen molar-refractivity contribution in [1.82, 2.24) is 5.32 Å². The van der Waals surface area contributed by atoms with Gasteiger partial charge in [0.15, 0.2) is 0 Å². The molecule has 0 aliphatic carbocycles. The fourth-order valence-electron chi connectivity index (χ4n) is 2.51. The van der Waals surface area contributed by atoms with Crippen molar-refractivity contribution in [2.45, 2.75) is 39.0 Å². The number of benzene rings is 1. The van der Waals surface area contributed by atoms with Gasteiger partial charge >= 0.3 is 0 Å². The Morgan fingerprint density at radius 2 is 2.00 bits per heavy atom. The lowest BCUT2D eigenvalue weighted by molar-refractivity contribution is 0.221. The first-order valence-electron chi connectivity index (χ1n) is 6.97. The summed E-state index contributed by atoms with van der Waals surface area (Å²) in [5.74, 6) is 0.903. The smallest absolute Gasteiger partial charge is 0.119 e. The van der Waals surface area contributed by atoms with E-state index in [2.05, 4.69) is 29.3 Å². The predicted molar refractivity (Wildman–Crippen MR) is 77.9 cm³/mol. The zero-order valence-corrected chi connectivity index (χ0v) is 12.0. The van der Waals surface area contributed by atoms with E-state index in [4.69, 9.17) is 4.74 Å². The van der Waals surface area contributed by atoms with Gasteiger partial charge < -0.3 is 20.1 Å². The summed E-state index contributed by atoms with van der Waals surface area (Å²) >= 11 is 0. The van der Waals surface area contributed by atoms with Crippen molar-refractivity contribution in [2.75, 3.05) is 24.6 Å². The van der Waals surface area contributed by atoms with Crippen molar-refractivity contribution in [3.63, 3.8) is 0 Å². The van der Waals surface area contributed by atoms with Crippen LogP contribution in [-0.4, -0.2) is 43.0 Å². The minimum absolute atomic E-state index is 0.148. The van der Waals surface area contributed by atoms with Gasteiger partial charge in [0.1, 0.15) is 5.75 Å². The van der Waals surface area contributed by atoms with Crippen LogP contribution in [0.5, 0.6) is 5.75 Å². The lowest BCUT2D eigenvalue weighted by Gasteiger charge is -2.38. The molecule has 1 aliphatic rings. The van der Waals surface area contributed by atoms with Crippen LogP contribution in [0.25, 0.3) is 0 Å². The molecule has 106 valence electrons. The second-order valence-electron chi connectivity index (χ2n) is 5.51. The molecule has 2 N–H and O–H groups in total. The molecule has 1 aromatic carbocycles. The highest BCUT2D eigenvalue weighted by molar-refractivity contribution is 5.50. The van der Waals surface area contributed by atoms with Gasteiger partial charge in [-0.2, -0.15) is 0 Å². The molecule has 0 saturated carbocycles. The highest BCUT2D eigenvalue weighted by Crippen LogP contribution is 2.22. The number of ether oxygens (including phenoxy) is 1. The first-order chi connectivity index (χ1) is 9.08. The van der Waals surface area contributed by atoms with Crippen LogP contribution in [0.2, 0.25) is 0 Å². The van der Waals surface area contributed by atoms with E-state index in [1.807, 2.05) is 26.0 Å². The fourth-order valence-corrected chi connectivity index (χ4v) is 2.51. The zero-order valence-electron chi connectivity index (χ0n) is 12.0. The minimum atomic E-state index is 0.148. The lowest BCUT2D eigenvalue weighted by atomic mass is 10.1. The zero-order chi connectivity index (χ0) is 13.8. The molecule has 0 aromatic heterocycles. The Balaban J connectivity index is 2.04. The Morgan fingerprint density at radius 3 is 2.58 bits per heavy atom. The first-order valence-corrected chi connectivity index (χ1v) is 6.97. The largest absolute Gasteiger partial charge is 0.491 e. The van der Waals surface area contributed by atoms with Gasteiger partial charge in [-0.1, -0.05) is 0 Å². The van der Waals surface area contributed by atoms with Gasteiger partial charge in [0.2, 0.25) is 0 Å². The van der Waals surface area contributed by atoms with Crippen molar-refractivity contribution in [2.24, 2.45) is 0 Å². The monoisotopic (exact) mass is 264 g/mol.